The lowest BCUT2D eigenvalue weighted by molar-refractivity contribution is 0.485. The van der Waals surface area contributed by atoms with Crippen LogP contribution in [0.4, 0.5) is 5.69 Å². The van der Waals surface area contributed by atoms with Crippen molar-refractivity contribution >= 4 is 50.1 Å². The molecule has 18 heavy (non-hydrogen) atoms. The molecule has 98 valence electrons. The van der Waals surface area contributed by atoms with Crippen LogP contribution < -0.4 is 5.32 Å². The quantitative estimate of drug-likeness (QED) is 0.811. The van der Waals surface area contributed by atoms with E-state index in [-0.39, 0.29) is 0 Å². The first-order valence-electron chi connectivity index (χ1n) is 5.99. The molecule has 0 bridgehead atoms. The second-order valence-corrected chi connectivity index (χ2v) is 7.04. The number of hydrogen-bond acceptors (Lipinski definition) is 3. The van der Waals surface area contributed by atoms with Crippen molar-refractivity contribution in [2.24, 2.45) is 10.9 Å². The van der Waals surface area contributed by atoms with Crippen molar-refractivity contribution in [2.45, 2.75) is 26.3 Å². The lowest BCUT2D eigenvalue weighted by Crippen LogP contribution is -2.23. The minimum Gasteiger partial charge on any atom is -0.334 e. The zero-order valence-electron chi connectivity index (χ0n) is 10.4. The van der Waals surface area contributed by atoms with E-state index in [4.69, 9.17) is 16.6 Å². The van der Waals surface area contributed by atoms with Crippen LogP contribution in [0.3, 0.4) is 0 Å². The number of nitrogens with zero attached hydrogens (tertiary/aromatic N) is 1. The molecule has 0 amide bonds. The average Bonchev–Trinajstić information content (AvgIpc) is 2.34. The summed E-state index contributed by atoms with van der Waals surface area (Å²) in [4.78, 5) is 4.74. The summed E-state index contributed by atoms with van der Waals surface area (Å²) < 4.78 is 1.01. The fourth-order valence-electron chi connectivity index (χ4n) is 1.79. The summed E-state index contributed by atoms with van der Waals surface area (Å²) in [5, 5.41) is 5.01. The van der Waals surface area contributed by atoms with E-state index < -0.39 is 0 Å². The first-order chi connectivity index (χ1) is 8.56. The molecule has 1 aliphatic heterocycles. The molecule has 1 atom stereocenters. The van der Waals surface area contributed by atoms with Crippen molar-refractivity contribution in [3.63, 3.8) is 0 Å². The van der Waals surface area contributed by atoms with Crippen molar-refractivity contribution in [2.75, 3.05) is 11.1 Å². The number of nitrogens with one attached hydrogen (secondary N) is 1. The van der Waals surface area contributed by atoms with Crippen molar-refractivity contribution in [3.8, 4) is 0 Å². The number of aliphatic imine (C=N–C) groups is 1. The summed E-state index contributed by atoms with van der Waals surface area (Å²) in [6.07, 6.45) is 1.15. The van der Waals surface area contributed by atoms with Gasteiger partial charge < -0.3 is 5.32 Å². The molecule has 0 spiro atoms. The maximum absolute atomic E-state index is 6.17. The SMILES string of the molecule is CC(C)C1CCSC(Nc2cc(Br)ccc2Cl)=N1. The molecule has 0 aromatic heterocycles. The zero-order valence-corrected chi connectivity index (χ0v) is 13.6. The molecule has 1 aromatic rings. The second-order valence-electron chi connectivity index (χ2n) is 4.63. The van der Waals surface area contributed by atoms with Crippen LogP contribution in [0.15, 0.2) is 27.7 Å². The highest BCUT2D eigenvalue weighted by Crippen LogP contribution is 2.29. The number of thioether (sulfide) groups is 1. The third-order valence-electron chi connectivity index (χ3n) is 2.88. The minimum atomic E-state index is 0.416. The first kappa shape index (κ1) is 14.2. The van der Waals surface area contributed by atoms with Crippen molar-refractivity contribution < 1.29 is 0 Å². The number of rotatable bonds is 2. The smallest absolute Gasteiger partial charge is 0.161 e. The van der Waals surface area contributed by atoms with E-state index >= 15 is 0 Å². The molecule has 2 rings (SSSR count). The Balaban J connectivity index is 2.15. The van der Waals surface area contributed by atoms with Gasteiger partial charge in [-0.1, -0.05) is 53.1 Å². The van der Waals surface area contributed by atoms with Gasteiger partial charge in [0.25, 0.3) is 0 Å². The maximum Gasteiger partial charge on any atom is 0.161 e. The molecular formula is C13H16BrClN2S. The van der Waals surface area contributed by atoms with Crippen molar-refractivity contribution in [3.05, 3.63) is 27.7 Å². The van der Waals surface area contributed by atoms with Gasteiger partial charge >= 0.3 is 0 Å². The van der Waals surface area contributed by atoms with Crippen LogP contribution >= 0.6 is 39.3 Å². The summed E-state index contributed by atoms with van der Waals surface area (Å²) in [5.74, 6) is 1.70. The number of anilines is 1. The van der Waals surface area contributed by atoms with Gasteiger partial charge in [-0.15, -0.1) is 0 Å². The largest absolute Gasteiger partial charge is 0.334 e. The predicted molar refractivity (Wildman–Crippen MR) is 85.9 cm³/mol. The predicted octanol–water partition coefficient (Wildman–Crippen LogP) is 5.03. The van der Waals surface area contributed by atoms with E-state index in [0.717, 1.165) is 27.5 Å². The lowest BCUT2D eigenvalue weighted by Gasteiger charge is -2.23. The summed E-state index contributed by atoms with van der Waals surface area (Å²) in [5.41, 5.74) is 0.904. The third kappa shape index (κ3) is 3.65. The molecule has 1 heterocycles. The molecule has 5 heteroatoms. The normalized spacial score (nSPS) is 19.8. The third-order valence-corrected chi connectivity index (χ3v) is 4.62. The number of benzene rings is 1. The summed E-state index contributed by atoms with van der Waals surface area (Å²) in [6.45, 7) is 4.43. The van der Waals surface area contributed by atoms with Gasteiger partial charge in [0.2, 0.25) is 0 Å². The van der Waals surface area contributed by atoms with Gasteiger partial charge in [-0.05, 0) is 30.5 Å². The topological polar surface area (TPSA) is 24.4 Å². The standard InChI is InChI=1S/C13H16BrClN2S/c1-8(2)11-5-6-18-13(16-11)17-12-7-9(14)3-4-10(12)15/h3-4,7-8,11H,5-6H2,1-2H3,(H,16,17). The number of amidine groups is 1. The summed E-state index contributed by atoms with van der Waals surface area (Å²) >= 11 is 11.4. The summed E-state index contributed by atoms with van der Waals surface area (Å²) in [7, 11) is 0. The van der Waals surface area contributed by atoms with E-state index in [1.165, 1.54) is 0 Å². The van der Waals surface area contributed by atoms with E-state index in [1.54, 1.807) is 11.8 Å². The molecular weight excluding hydrogens is 332 g/mol. The molecule has 1 N–H and O–H groups in total. The molecule has 1 unspecified atom stereocenters. The fraction of sp³-hybridized carbons (Fsp3) is 0.462. The van der Waals surface area contributed by atoms with Crippen LogP contribution in [0.2, 0.25) is 5.02 Å². The van der Waals surface area contributed by atoms with Gasteiger partial charge in [0.15, 0.2) is 5.17 Å². The molecule has 1 aromatic carbocycles. The Bertz CT molecular complexity index is 462. The van der Waals surface area contributed by atoms with E-state index in [1.807, 2.05) is 18.2 Å². The summed E-state index contributed by atoms with van der Waals surface area (Å²) in [6, 6.07) is 6.20. The second kappa shape index (κ2) is 6.31. The lowest BCUT2D eigenvalue weighted by atomic mass is 10.0. The maximum atomic E-state index is 6.17. The van der Waals surface area contributed by atoms with Crippen LogP contribution in [-0.4, -0.2) is 17.0 Å². The molecule has 0 radical (unpaired) electrons. The number of hydrogen-bond donors (Lipinski definition) is 1. The minimum absolute atomic E-state index is 0.416. The van der Waals surface area contributed by atoms with Gasteiger partial charge in [0.05, 0.1) is 16.8 Å². The average molecular weight is 348 g/mol. The Morgan fingerprint density at radius 3 is 3.00 bits per heavy atom. The van der Waals surface area contributed by atoms with Crippen LogP contribution in [0.1, 0.15) is 20.3 Å². The molecule has 0 saturated heterocycles. The molecule has 1 aliphatic rings. The van der Waals surface area contributed by atoms with Gasteiger partial charge in [-0.25, -0.2) is 0 Å². The molecule has 2 nitrogen and oxygen atoms in total. The Morgan fingerprint density at radius 2 is 2.28 bits per heavy atom. The Labute approximate surface area is 126 Å². The molecule has 0 saturated carbocycles. The Hall–Kier alpha value is -0.190. The van der Waals surface area contributed by atoms with E-state index in [0.29, 0.717) is 17.0 Å². The van der Waals surface area contributed by atoms with Crippen molar-refractivity contribution in [1.82, 2.24) is 0 Å². The highest BCUT2D eigenvalue weighted by Gasteiger charge is 2.19. The highest BCUT2D eigenvalue weighted by atomic mass is 79.9. The monoisotopic (exact) mass is 346 g/mol. The Morgan fingerprint density at radius 1 is 1.50 bits per heavy atom. The fourth-order valence-corrected chi connectivity index (χ4v) is 3.26. The molecule has 0 aliphatic carbocycles. The Kier molecular flexibility index (Phi) is 4.98. The van der Waals surface area contributed by atoms with Crippen LogP contribution in [-0.2, 0) is 0 Å². The van der Waals surface area contributed by atoms with Crippen LogP contribution in [0.5, 0.6) is 0 Å². The highest BCUT2D eigenvalue weighted by molar-refractivity contribution is 9.10. The first-order valence-corrected chi connectivity index (χ1v) is 8.14. The van der Waals surface area contributed by atoms with Crippen LogP contribution in [0.25, 0.3) is 0 Å². The zero-order chi connectivity index (χ0) is 13.1. The van der Waals surface area contributed by atoms with Gasteiger partial charge in [-0.3, -0.25) is 4.99 Å². The van der Waals surface area contributed by atoms with Crippen LogP contribution in [0, 0.1) is 5.92 Å². The number of halogens is 2. The van der Waals surface area contributed by atoms with E-state index in [2.05, 4.69) is 35.1 Å². The van der Waals surface area contributed by atoms with Crippen molar-refractivity contribution in [1.29, 1.82) is 0 Å². The van der Waals surface area contributed by atoms with Gasteiger partial charge in [-0.2, -0.15) is 0 Å². The molecule has 0 fully saturated rings. The van der Waals surface area contributed by atoms with E-state index in [9.17, 15) is 0 Å². The van der Waals surface area contributed by atoms with Gasteiger partial charge in [0, 0.05) is 10.2 Å². The van der Waals surface area contributed by atoms with Gasteiger partial charge in [0.1, 0.15) is 0 Å².